The summed E-state index contributed by atoms with van der Waals surface area (Å²) in [5.41, 5.74) is 0.444. The van der Waals surface area contributed by atoms with E-state index in [1.807, 2.05) is 6.92 Å². The number of ether oxygens (including phenoxy) is 1. The molecule has 1 aliphatic carbocycles. The van der Waals surface area contributed by atoms with Gasteiger partial charge in [-0.3, -0.25) is 0 Å². The molecule has 0 aliphatic heterocycles. The summed E-state index contributed by atoms with van der Waals surface area (Å²) in [6.45, 7) is 9.64. The van der Waals surface area contributed by atoms with Crippen LogP contribution in [0.15, 0.2) is 0 Å². The van der Waals surface area contributed by atoms with Gasteiger partial charge in [-0.2, -0.15) is 5.26 Å². The van der Waals surface area contributed by atoms with E-state index in [-0.39, 0.29) is 6.10 Å². The Balaban J connectivity index is 2.35. The largest absolute Gasteiger partial charge is 0.364 e. The number of nitrogens with zero attached hydrogens (tertiary/aromatic N) is 1. The molecule has 0 amide bonds. The number of hydrogen-bond acceptors (Lipinski definition) is 2. The second-order valence-electron chi connectivity index (χ2n) is 6.39. The highest BCUT2D eigenvalue weighted by atomic mass is 16.5. The number of rotatable bonds is 4. The van der Waals surface area contributed by atoms with Crippen LogP contribution in [0.3, 0.4) is 0 Å². The van der Waals surface area contributed by atoms with Gasteiger partial charge in [0.2, 0.25) is 0 Å². The molecule has 1 unspecified atom stereocenters. The highest BCUT2D eigenvalue weighted by molar-refractivity contribution is 4.88. The van der Waals surface area contributed by atoms with Gasteiger partial charge in [-0.25, -0.2) is 0 Å². The lowest BCUT2D eigenvalue weighted by molar-refractivity contribution is 0.0658. The van der Waals surface area contributed by atoms with Crippen molar-refractivity contribution < 1.29 is 4.74 Å². The van der Waals surface area contributed by atoms with Crippen molar-refractivity contribution >= 4 is 0 Å². The maximum absolute atomic E-state index is 8.99. The van der Waals surface area contributed by atoms with Crippen molar-refractivity contribution in [2.24, 2.45) is 17.3 Å². The first-order chi connectivity index (χ1) is 7.97. The average Bonchev–Trinajstić information content (AvgIpc) is 2.28. The van der Waals surface area contributed by atoms with E-state index in [9.17, 15) is 0 Å². The third-order valence-corrected chi connectivity index (χ3v) is 4.13. The lowest BCUT2D eigenvalue weighted by Gasteiger charge is -2.37. The Kier molecular flexibility index (Phi) is 5.46. The molecule has 17 heavy (non-hydrogen) atoms. The molecule has 1 aliphatic rings. The van der Waals surface area contributed by atoms with Crippen LogP contribution in [0, 0.1) is 28.6 Å². The van der Waals surface area contributed by atoms with Gasteiger partial charge in [0.15, 0.2) is 0 Å². The Bertz CT molecular complexity index is 253. The summed E-state index contributed by atoms with van der Waals surface area (Å²) in [6.07, 6.45) is 5.93. The molecule has 0 aromatic heterocycles. The minimum Gasteiger partial charge on any atom is -0.364 e. The van der Waals surface area contributed by atoms with E-state index in [4.69, 9.17) is 10.00 Å². The summed E-state index contributed by atoms with van der Waals surface area (Å²) >= 11 is 0. The SMILES string of the molecule is CCOC(C#N)CC1CCC(C(C)(C)C)CC1. The van der Waals surface area contributed by atoms with Crippen LogP contribution in [-0.4, -0.2) is 12.7 Å². The molecule has 0 aromatic carbocycles. The van der Waals surface area contributed by atoms with E-state index in [1.165, 1.54) is 25.7 Å². The summed E-state index contributed by atoms with van der Waals surface area (Å²) in [5, 5.41) is 8.99. The van der Waals surface area contributed by atoms with Gasteiger partial charge in [-0.15, -0.1) is 0 Å². The third-order valence-electron chi connectivity index (χ3n) is 4.13. The van der Waals surface area contributed by atoms with Crippen molar-refractivity contribution in [1.29, 1.82) is 5.26 Å². The first-order valence-electron chi connectivity index (χ1n) is 6.98. The minimum absolute atomic E-state index is 0.184. The fourth-order valence-corrected chi connectivity index (χ4v) is 2.93. The van der Waals surface area contributed by atoms with Crippen molar-refractivity contribution in [3.63, 3.8) is 0 Å². The minimum atomic E-state index is -0.184. The molecule has 0 bridgehead atoms. The molecular weight excluding hydrogens is 210 g/mol. The van der Waals surface area contributed by atoms with Crippen LogP contribution in [0.4, 0.5) is 0 Å². The van der Waals surface area contributed by atoms with Crippen LogP contribution in [-0.2, 0) is 4.74 Å². The third kappa shape index (κ3) is 4.68. The van der Waals surface area contributed by atoms with Crippen molar-refractivity contribution in [1.82, 2.24) is 0 Å². The van der Waals surface area contributed by atoms with Gasteiger partial charge < -0.3 is 4.74 Å². The van der Waals surface area contributed by atoms with Gasteiger partial charge in [0.05, 0.1) is 6.07 Å². The van der Waals surface area contributed by atoms with Crippen LogP contribution in [0.2, 0.25) is 0 Å². The molecule has 0 heterocycles. The number of hydrogen-bond donors (Lipinski definition) is 0. The summed E-state index contributed by atoms with van der Waals surface area (Å²) < 4.78 is 5.43. The molecule has 1 atom stereocenters. The Morgan fingerprint density at radius 3 is 2.24 bits per heavy atom. The zero-order valence-electron chi connectivity index (χ0n) is 11.8. The second-order valence-corrected chi connectivity index (χ2v) is 6.39. The fraction of sp³-hybridized carbons (Fsp3) is 0.933. The van der Waals surface area contributed by atoms with Gasteiger partial charge in [0.1, 0.15) is 6.10 Å². The van der Waals surface area contributed by atoms with Gasteiger partial charge in [-0.1, -0.05) is 33.6 Å². The Labute approximate surface area is 106 Å². The molecule has 2 heteroatoms. The monoisotopic (exact) mass is 237 g/mol. The zero-order chi connectivity index (χ0) is 12.9. The smallest absolute Gasteiger partial charge is 0.144 e. The van der Waals surface area contributed by atoms with Crippen LogP contribution in [0.5, 0.6) is 0 Å². The summed E-state index contributed by atoms with van der Waals surface area (Å²) in [5.74, 6) is 1.55. The second kappa shape index (κ2) is 6.40. The normalized spacial score (nSPS) is 27.5. The molecule has 1 rings (SSSR count). The van der Waals surface area contributed by atoms with E-state index >= 15 is 0 Å². The molecule has 1 saturated carbocycles. The van der Waals surface area contributed by atoms with Crippen LogP contribution < -0.4 is 0 Å². The van der Waals surface area contributed by atoms with Crippen LogP contribution >= 0.6 is 0 Å². The van der Waals surface area contributed by atoms with Crippen molar-refractivity contribution in [2.75, 3.05) is 6.61 Å². The molecule has 0 saturated heterocycles. The van der Waals surface area contributed by atoms with Crippen molar-refractivity contribution in [2.45, 2.75) is 65.9 Å². The highest BCUT2D eigenvalue weighted by Crippen LogP contribution is 2.41. The van der Waals surface area contributed by atoms with Gasteiger partial charge in [-0.05, 0) is 43.4 Å². The maximum atomic E-state index is 8.99. The first kappa shape index (κ1) is 14.5. The Morgan fingerprint density at radius 2 is 1.82 bits per heavy atom. The van der Waals surface area contributed by atoms with Crippen molar-refractivity contribution in [3.8, 4) is 6.07 Å². The van der Waals surface area contributed by atoms with E-state index in [0.717, 1.165) is 12.3 Å². The quantitative estimate of drug-likeness (QED) is 0.735. The van der Waals surface area contributed by atoms with E-state index in [2.05, 4.69) is 26.8 Å². The Morgan fingerprint density at radius 1 is 1.24 bits per heavy atom. The molecule has 2 nitrogen and oxygen atoms in total. The molecule has 0 radical (unpaired) electrons. The van der Waals surface area contributed by atoms with Gasteiger partial charge >= 0.3 is 0 Å². The Hall–Kier alpha value is -0.550. The number of nitriles is 1. The summed E-state index contributed by atoms with van der Waals surface area (Å²) in [6, 6.07) is 2.27. The van der Waals surface area contributed by atoms with Gasteiger partial charge in [0, 0.05) is 6.61 Å². The summed E-state index contributed by atoms with van der Waals surface area (Å²) in [4.78, 5) is 0. The zero-order valence-corrected chi connectivity index (χ0v) is 11.8. The fourth-order valence-electron chi connectivity index (χ4n) is 2.93. The van der Waals surface area contributed by atoms with Crippen LogP contribution in [0.25, 0.3) is 0 Å². The van der Waals surface area contributed by atoms with Gasteiger partial charge in [0.25, 0.3) is 0 Å². The highest BCUT2D eigenvalue weighted by Gasteiger charge is 2.30. The predicted octanol–water partition coefficient (Wildman–Crippen LogP) is 4.16. The maximum Gasteiger partial charge on any atom is 0.144 e. The molecule has 0 N–H and O–H groups in total. The molecule has 0 aromatic rings. The molecular formula is C15H27NO. The first-order valence-corrected chi connectivity index (χ1v) is 6.98. The molecule has 98 valence electrons. The predicted molar refractivity (Wildman–Crippen MR) is 70.5 cm³/mol. The summed E-state index contributed by atoms with van der Waals surface area (Å²) in [7, 11) is 0. The lowest BCUT2D eigenvalue weighted by Crippen LogP contribution is -2.27. The van der Waals surface area contributed by atoms with E-state index in [0.29, 0.717) is 17.9 Å². The molecule has 1 fully saturated rings. The topological polar surface area (TPSA) is 33.0 Å². The van der Waals surface area contributed by atoms with Crippen molar-refractivity contribution in [3.05, 3.63) is 0 Å². The standard InChI is InChI=1S/C15H27NO/c1-5-17-14(11-16)10-12-6-8-13(9-7-12)15(2,3)4/h12-14H,5-10H2,1-4H3. The van der Waals surface area contributed by atoms with Crippen LogP contribution in [0.1, 0.15) is 59.8 Å². The van der Waals surface area contributed by atoms with E-state index in [1.54, 1.807) is 0 Å². The molecule has 0 spiro atoms. The average molecular weight is 237 g/mol. The van der Waals surface area contributed by atoms with E-state index < -0.39 is 0 Å². The lowest BCUT2D eigenvalue weighted by atomic mass is 9.69.